The summed E-state index contributed by atoms with van der Waals surface area (Å²) in [6.07, 6.45) is 1.68. The minimum atomic E-state index is 0.291. The Morgan fingerprint density at radius 3 is 2.65 bits per heavy atom. The highest BCUT2D eigenvalue weighted by Crippen LogP contribution is 2.28. The molecule has 1 aromatic carbocycles. The van der Waals surface area contributed by atoms with E-state index in [1.54, 1.807) is 6.20 Å². The van der Waals surface area contributed by atoms with Crippen molar-refractivity contribution in [3.63, 3.8) is 0 Å². The normalized spacial score (nSPS) is 11.0. The summed E-state index contributed by atoms with van der Waals surface area (Å²) >= 11 is 0. The smallest absolute Gasteiger partial charge is 0.297 e. The molecule has 4 rings (SSSR count). The maximum Gasteiger partial charge on any atom is 0.297 e. The van der Waals surface area contributed by atoms with Crippen LogP contribution in [0.3, 0.4) is 0 Å². The minimum absolute atomic E-state index is 0.291. The summed E-state index contributed by atoms with van der Waals surface area (Å²) in [5.74, 6) is 1.18. The van der Waals surface area contributed by atoms with Gasteiger partial charge in [-0.05, 0) is 24.3 Å². The third-order valence-electron chi connectivity index (χ3n) is 2.90. The molecule has 96 valence electrons. The number of fused-ring (bicyclic) bond motifs is 1. The fraction of sp³-hybridized carbons (Fsp3) is 0. The van der Waals surface area contributed by atoms with E-state index in [2.05, 4.69) is 20.3 Å². The molecule has 0 N–H and O–H groups in total. The molecular formula is C14H8N4O2. The van der Waals surface area contributed by atoms with Crippen LogP contribution in [0.5, 0.6) is 0 Å². The molecule has 20 heavy (non-hydrogen) atoms. The average Bonchev–Trinajstić information content (AvgIpc) is 3.14. The molecule has 0 saturated carbocycles. The molecule has 0 aliphatic carbocycles. The first kappa shape index (κ1) is 10.9. The number of benzene rings is 1. The lowest BCUT2D eigenvalue weighted by Gasteiger charge is -1.89. The first-order valence-corrected chi connectivity index (χ1v) is 6.02. The Morgan fingerprint density at radius 2 is 1.75 bits per heavy atom. The van der Waals surface area contributed by atoms with E-state index in [1.807, 2.05) is 42.5 Å². The van der Waals surface area contributed by atoms with E-state index >= 15 is 0 Å². The molecule has 0 spiro atoms. The fourth-order valence-corrected chi connectivity index (χ4v) is 1.96. The zero-order chi connectivity index (χ0) is 13.4. The molecule has 4 aromatic rings. The zero-order valence-corrected chi connectivity index (χ0v) is 10.2. The lowest BCUT2D eigenvalue weighted by atomic mass is 10.2. The van der Waals surface area contributed by atoms with Crippen LogP contribution in [0.4, 0.5) is 0 Å². The number of rotatable bonds is 2. The van der Waals surface area contributed by atoms with Gasteiger partial charge in [-0.15, -0.1) is 0 Å². The summed E-state index contributed by atoms with van der Waals surface area (Å²) in [5, 5.41) is 8.71. The van der Waals surface area contributed by atoms with E-state index in [0.29, 0.717) is 23.2 Å². The van der Waals surface area contributed by atoms with E-state index in [1.165, 1.54) is 0 Å². The minimum Gasteiger partial charge on any atom is -0.350 e. The van der Waals surface area contributed by atoms with Crippen molar-refractivity contribution in [2.75, 3.05) is 0 Å². The number of aromatic nitrogens is 4. The third kappa shape index (κ3) is 1.66. The fourth-order valence-electron chi connectivity index (χ4n) is 1.96. The van der Waals surface area contributed by atoms with Crippen LogP contribution >= 0.6 is 0 Å². The SMILES string of the molecule is c1ccc(-c2noc(-c3onc4ccccc34)n2)nc1. The largest absolute Gasteiger partial charge is 0.350 e. The molecule has 0 aliphatic rings. The summed E-state index contributed by atoms with van der Waals surface area (Å²) < 4.78 is 10.5. The molecule has 6 heteroatoms. The molecule has 0 aliphatic heterocycles. The number of hydrogen-bond donors (Lipinski definition) is 0. The van der Waals surface area contributed by atoms with Gasteiger partial charge in [-0.2, -0.15) is 4.98 Å². The van der Waals surface area contributed by atoms with Gasteiger partial charge >= 0.3 is 0 Å². The van der Waals surface area contributed by atoms with E-state index in [-0.39, 0.29) is 0 Å². The lowest BCUT2D eigenvalue weighted by Crippen LogP contribution is -1.83. The number of nitrogens with zero attached hydrogens (tertiary/aromatic N) is 4. The van der Waals surface area contributed by atoms with Gasteiger partial charge in [0.1, 0.15) is 11.2 Å². The Hall–Kier alpha value is -3.02. The Morgan fingerprint density at radius 1 is 0.850 bits per heavy atom. The lowest BCUT2D eigenvalue weighted by molar-refractivity contribution is 0.389. The Labute approximate surface area is 113 Å². The quantitative estimate of drug-likeness (QED) is 0.554. The van der Waals surface area contributed by atoms with E-state index in [0.717, 1.165) is 10.9 Å². The van der Waals surface area contributed by atoms with Crippen LogP contribution in [0, 0.1) is 0 Å². The highest BCUT2D eigenvalue weighted by atomic mass is 16.5. The molecule has 0 unspecified atom stereocenters. The van der Waals surface area contributed by atoms with Gasteiger partial charge in [-0.3, -0.25) is 4.98 Å². The summed E-state index contributed by atoms with van der Waals surface area (Å²) in [4.78, 5) is 8.47. The van der Waals surface area contributed by atoms with Gasteiger partial charge in [0.2, 0.25) is 11.6 Å². The van der Waals surface area contributed by atoms with Gasteiger partial charge < -0.3 is 9.05 Å². The highest BCUT2D eigenvalue weighted by Gasteiger charge is 2.18. The predicted molar refractivity (Wildman–Crippen MR) is 70.5 cm³/mol. The second-order valence-corrected chi connectivity index (χ2v) is 4.17. The first-order valence-electron chi connectivity index (χ1n) is 6.02. The van der Waals surface area contributed by atoms with Crippen molar-refractivity contribution >= 4 is 10.9 Å². The number of hydrogen-bond acceptors (Lipinski definition) is 6. The standard InChI is InChI=1S/C14H8N4O2/c1-2-6-10-9(5-1)12(19-17-10)14-16-13(18-20-14)11-7-3-4-8-15-11/h1-8H. The molecular weight excluding hydrogens is 256 g/mol. The Kier molecular flexibility index (Phi) is 2.32. The van der Waals surface area contributed by atoms with Crippen LogP contribution in [0.15, 0.2) is 57.7 Å². The average molecular weight is 264 g/mol. The van der Waals surface area contributed by atoms with E-state index < -0.39 is 0 Å². The van der Waals surface area contributed by atoms with Crippen LogP contribution in [0.2, 0.25) is 0 Å². The van der Waals surface area contributed by atoms with Gasteiger partial charge in [0.15, 0.2) is 0 Å². The predicted octanol–water partition coefficient (Wildman–Crippen LogP) is 2.94. The Bertz CT molecular complexity index is 867. The first-order chi connectivity index (χ1) is 9.92. The van der Waals surface area contributed by atoms with Crippen molar-refractivity contribution in [3.8, 4) is 23.2 Å². The second kappa shape index (κ2) is 4.27. The summed E-state index contributed by atoms with van der Waals surface area (Å²) in [6.45, 7) is 0. The van der Waals surface area contributed by atoms with Crippen molar-refractivity contribution in [3.05, 3.63) is 48.7 Å². The molecule has 3 heterocycles. The van der Waals surface area contributed by atoms with E-state index in [4.69, 9.17) is 9.05 Å². The molecule has 0 radical (unpaired) electrons. The Balaban J connectivity index is 1.82. The van der Waals surface area contributed by atoms with Crippen LogP contribution in [0.1, 0.15) is 0 Å². The number of pyridine rings is 1. The zero-order valence-electron chi connectivity index (χ0n) is 10.2. The van der Waals surface area contributed by atoms with Crippen molar-refractivity contribution in [2.45, 2.75) is 0 Å². The van der Waals surface area contributed by atoms with Crippen molar-refractivity contribution in [1.82, 2.24) is 20.3 Å². The molecule has 6 nitrogen and oxygen atoms in total. The van der Waals surface area contributed by atoms with Crippen molar-refractivity contribution in [2.24, 2.45) is 0 Å². The highest BCUT2D eigenvalue weighted by molar-refractivity contribution is 5.89. The molecule has 3 aromatic heterocycles. The van der Waals surface area contributed by atoms with Gasteiger partial charge in [0, 0.05) is 6.20 Å². The molecule has 0 fully saturated rings. The van der Waals surface area contributed by atoms with Crippen LogP contribution < -0.4 is 0 Å². The van der Waals surface area contributed by atoms with Crippen LogP contribution in [0.25, 0.3) is 34.1 Å². The van der Waals surface area contributed by atoms with Gasteiger partial charge in [0.25, 0.3) is 5.89 Å². The molecule has 0 saturated heterocycles. The van der Waals surface area contributed by atoms with Gasteiger partial charge in [0.05, 0.1) is 5.39 Å². The second-order valence-electron chi connectivity index (χ2n) is 4.17. The maximum atomic E-state index is 5.28. The van der Waals surface area contributed by atoms with Gasteiger partial charge in [-0.25, -0.2) is 0 Å². The molecule has 0 atom stereocenters. The van der Waals surface area contributed by atoms with E-state index in [9.17, 15) is 0 Å². The topological polar surface area (TPSA) is 77.8 Å². The van der Waals surface area contributed by atoms with Crippen molar-refractivity contribution < 1.29 is 9.05 Å². The molecule has 0 bridgehead atoms. The van der Waals surface area contributed by atoms with Crippen molar-refractivity contribution in [1.29, 1.82) is 0 Å². The summed E-state index contributed by atoms with van der Waals surface area (Å²) in [7, 11) is 0. The summed E-state index contributed by atoms with van der Waals surface area (Å²) in [5.41, 5.74) is 1.39. The third-order valence-corrected chi connectivity index (χ3v) is 2.90. The summed E-state index contributed by atoms with van der Waals surface area (Å²) in [6, 6.07) is 13.1. The van der Waals surface area contributed by atoms with Crippen LogP contribution in [-0.4, -0.2) is 20.3 Å². The maximum absolute atomic E-state index is 5.28. The molecule has 0 amide bonds. The van der Waals surface area contributed by atoms with Crippen LogP contribution in [-0.2, 0) is 0 Å². The van der Waals surface area contributed by atoms with Gasteiger partial charge in [-0.1, -0.05) is 28.5 Å². The monoisotopic (exact) mass is 264 g/mol.